The van der Waals surface area contributed by atoms with Gasteiger partial charge in [-0.25, -0.2) is 4.98 Å². The predicted octanol–water partition coefficient (Wildman–Crippen LogP) is 3.16. The van der Waals surface area contributed by atoms with Crippen molar-refractivity contribution in [1.29, 1.82) is 0 Å². The minimum atomic E-state index is -0.390. The minimum absolute atomic E-state index is 0.0717. The molecule has 6 heteroatoms. The van der Waals surface area contributed by atoms with Crippen molar-refractivity contribution in [3.8, 4) is 0 Å². The maximum Gasteiger partial charge on any atom is 0.283 e. The number of aromatic nitrogens is 1. The maximum atomic E-state index is 10.9. The number of hydrogen-bond donors (Lipinski definition) is 1. The summed E-state index contributed by atoms with van der Waals surface area (Å²) in [5.41, 5.74) is 6.77. The molecule has 0 saturated heterocycles. The first-order valence-corrected chi connectivity index (χ1v) is 6.52. The van der Waals surface area contributed by atoms with E-state index in [0.29, 0.717) is 9.92 Å². The van der Waals surface area contributed by atoms with Crippen LogP contribution >= 0.6 is 11.8 Å². The lowest BCUT2D eigenvalue weighted by atomic mass is 10.2. The van der Waals surface area contributed by atoms with E-state index in [1.165, 1.54) is 17.8 Å². The molecule has 2 rings (SSSR count). The summed E-state index contributed by atoms with van der Waals surface area (Å²) in [7, 11) is 0. The first-order chi connectivity index (χ1) is 9.08. The van der Waals surface area contributed by atoms with Crippen LogP contribution < -0.4 is 5.73 Å². The van der Waals surface area contributed by atoms with E-state index in [1.54, 1.807) is 24.4 Å². The van der Waals surface area contributed by atoms with Gasteiger partial charge in [0.2, 0.25) is 0 Å². The number of pyridine rings is 1. The summed E-state index contributed by atoms with van der Waals surface area (Å²) in [4.78, 5) is 15.4. The van der Waals surface area contributed by atoms with Crippen LogP contribution in [0.15, 0.2) is 52.5 Å². The van der Waals surface area contributed by atoms with Crippen molar-refractivity contribution in [2.24, 2.45) is 5.73 Å². The highest BCUT2D eigenvalue weighted by Gasteiger charge is 2.14. The Labute approximate surface area is 115 Å². The van der Waals surface area contributed by atoms with Gasteiger partial charge in [-0.05, 0) is 24.6 Å². The lowest BCUT2D eigenvalue weighted by Gasteiger charge is -2.06. The largest absolute Gasteiger partial charge is 0.324 e. The number of benzene rings is 1. The Bertz CT molecular complexity index is 585. The van der Waals surface area contributed by atoms with Crippen LogP contribution in [0.25, 0.3) is 0 Å². The Balaban J connectivity index is 2.24. The molecule has 5 nitrogen and oxygen atoms in total. The molecule has 1 atom stereocenters. The zero-order chi connectivity index (χ0) is 13.8. The molecule has 0 aliphatic carbocycles. The Hall–Kier alpha value is -1.92. The van der Waals surface area contributed by atoms with Crippen LogP contribution in [0.3, 0.4) is 0 Å². The molecule has 1 aromatic carbocycles. The molecule has 1 aromatic heterocycles. The molecule has 0 fully saturated rings. The third-order valence-corrected chi connectivity index (χ3v) is 3.58. The van der Waals surface area contributed by atoms with Gasteiger partial charge in [0.15, 0.2) is 0 Å². The fourth-order valence-corrected chi connectivity index (χ4v) is 2.39. The van der Waals surface area contributed by atoms with Gasteiger partial charge in [-0.3, -0.25) is 10.1 Å². The summed E-state index contributed by atoms with van der Waals surface area (Å²) in [6, 6.07) is 10.2. The average Bonchev–Trinajstić information content (AvgIpc) is 2.39. The molecular weight excluding hydrogens is 262 g/mol. The van der Waals surface area contributed by atoms with Crippen LogP contribution in [0.5, 0.6) is 0 Å². The molecule has 0 radical (unpaired) electrons. The Morgan fingerprint density at radius 1 is 1.32 bits per heavy atom. The van der Waals surface area contributed by atoms with Crippen molar-refractivity contribution in [2.45, 2.75) is 22.9 Å². The normalized spacial score (nSPS) is 12.1. The van der Waals surface area contributed by atoms with E-state index >= 15 is 0 Å². The van der Waals surface area contributed by atoms with Crippen molar-refractivity contribution in [3.63, 3.8) is 0 Å². The molecule has 0 bridgehead atoms. The summed E-state index contributed by atoms with van der Waals surface area (Å²) in [6.45, 7) is 1.88. The van der Waals surface area contributed by atoms with Gasteiger partial charge in [0.1, 0.15) is 5.03 Å². The van der Waals surface area contributed by atoms with E-state index in [9.17, 15) is 10.1 Å². The van der Waals surface area contributed by atoms with Gasteiger partial charge in [-0.1, -0.05) is 30.0 Å². The highest BCUT2D eigenvalue weighted by Crippen LogP contribution is 2.33. The number of hydrogen-bond acceptors (Lipinski definition) is 5. The van der Waals surface area contributed by atoms with Crippen molar-refractivity contribution < 1.29 is 4.92 Å². The summed E-state index contributed by atoms with van der Waals surface area (Å²) < 4.78 is 0. The highest BCUT2D eigenvalue weighted by atomic mass is 32.2. The first-order valence-electron chi connectivity index (χ1n) is 5.70. The van der Waals surface area contributed by atoms with Gasteiger partial charge in [0.25, 0.3) is 5.69 Å². The number of nitrogens with zero attached hydrogens (tertiary/aromatic N) is 2. The van der Waals surface area contributed by atoms with Crippen molar-refractivity contribution in [3.05, 3.63) is 58.3 Å². The molecular formula is C13H13N3O2S. The van der Waals surface area contributed by atoms with Gasteiger partial charge in [-0.2, -0.15) is 0 Å². The first kappa shape index (κ1) is 13.5. The highest BCUT2D eigenvalue weighted by molar-refractivity contribution is 7.99. The summed E-state index contributed by atoms with van der Waals surface area (Å²) in [5.74, 6) is 0. The molecule has 1 unspecified atom stereocenters. The third-order valence-electron chi connectivity index (χ3n) is 2.56. The average molecular weight is 275 g/mol. The van der Waals surface area contributed by atoms with E-state index in [1.807, 2.05) is 19.1 Å². The second-order valence-corrected chi connectivity index (χ2v) is 5.11. The van der Waals surface area contributed by atoms with Gasteiger partial charge in [-0.15, -0.1) is 0 Å². The van der Waals surface area contributed by atoms with E-state index in [4.69, 9.17) is 5.73 Å². The van der Waals surface area contributed by atoms with Crippen molar-refractivity contribution >= 4 is 17.4 Å². The van der Waals surface area contributed by atoms with E-state index in [2.05, 4.69) is 4.98 Å². The molecule has 1 heterocycles. The molecule has 0 amide bonds. The lowest BCUT2D eigenvalue weighted by molar-refractivity contribution is -0.387. The fourth-order valence-electron chi connectivity index (χ4n) is 1.53. The van der Waals surface area contributed by atoms with Crippen molar-refractivity contribution in [2.75, 3.05) is 0 Å². The molecule has 2 N–H and O–H groups in total. The maximum absolute atomic E-state index is 10.9. The number of para-hydroxylation sites is 1. The summed E-state index contributed by atoms with van der Waals surface area (Å²) in [5, 5.41) is 11.6. The molecule has 0 saturated carbocycles. The Morgan fingerprint density at radius 2 is 2.05 bits per heavy atom. The quantitative estimate of drug-likeness (QED) is 0.684. The van der Waals surface area contributed by atoms with Crippen LogP contribution in [0.1, 0.15) is 18.5 Å². The summed E-state index contributed by atoms with van der Waals surface area (Å²) in [6.07, 6.45) is 1.70. The topological polar surface area (TPSA) is 82.0 Å². The van der Waals surface area contributed by atoms with Crippen LogP contribution in [-0.4, -0.2) is 9.91 Å². The molecule has 0 aliphatic heterocycles. The van der Waals surface area contributed by atoms with Crippen molar-refractivity contribution in [1.82, 2.24) is 4.98 Å². The Morgan fingerprint density at radius 3 is 2.63 bits per heavy atom. The molecule has 0 aliphatic rings. The third kappa shape index (κ3) is 3.30. The van der Waals surface area contributed by atoms with E-state index < -0.39 is 4.92 Å². The summed E-state index contributed by atoms with van der Waals surface area (Å²) >= 11 is 1.27. The number of rotatable bonds is 4. The minimum Gasteiger partial charge on any atom is -0.324 e. The second-order valence-electron chi connectivity index (χ2n) is 4.05. The molecule has 98 valence electrons. The smallest absolute Gasteiger partial charge is 0.283 e. The number of nitro benzene ring substituents is 1. The van der Waals surface area contributed by atoms with Crippen LogP contribution in [0, 0.1) is 10.1 Å². The zero-order valence-corrected chi connectivity index (χ0v) is 11.1. The van der Waals surface area contributed by atoms with Crippen LogP contribution in [-0.2, 0) is 0 Å². The van der Waals surface area contributed by atoms with Crippen LogP contribution in [0.2, 0.25) is 0 Å². The number of nitro groups is 1. The standard InChI is InChI=1S/C13H13N3O2S/c1-9(14)10-6-7-13(15-8-10)19-12-5-3-2-4-11(12)16(17)18/h2-9H,14H2,1H3. The monoisotopic (exact) mass is 275 g/mol. The van der Waals surface area contributed by atoms with Gasteiger partial charge >= 0.3 is 0 Å². The Kier molecular flexibility index (Phi) is 4.13. The second kappa shape index (κ2) is 5.81. The van der Waals surface area contributed by atoms with Crippen LogP contribution in [0.4, 0.5) is 5.69 Å². The zero-order valence-electron chi connectivity index (χ0n) is 10.3. The number of nitrogens with two attached hydrogens (primary N) is 1. The molecule has 2 aromatic rings. The fraction of sp³-hybridized carbons (Fsp3) is 0.154. The van der Waals surface area contributed by atoms with E-state index in [-0.39, 0.29) is 11.7 Å². The van der Waals surface area contributed by atoms with Gasteiger partial charge < -0.3 is 5.73 Å². The SMILES string of the molecule is CC(N)c1ccc(Sc2ccccc2[N+](=O)[O-])nc1. The van der Waals surface area contributed by atoms with Gasteiger partial charge in [0.05, 0.1) is 9.82 Å². The molecule has 0 spiro atoms. The molecule has 19 heavy (non-hydrogen) atoms. The predicted molar refractivity (Wildman–Crippen MR) is 74.1 cm³/mol. The van der Waals surface area contributed by atoms with Gasteiger partial charge in [0, 0.05) is 18.3 Å². The lowest BCUT2D eigenvalue weighted by Crippen LogP contribution is -2.04. The van der Waals surface area contributed by atoms with E-state index in [0.717, 1.165) is 5.56 Å².